The number of aromatic amines is 1. The molecule has 25 heavy (non-hydrogen) atoms. The first-order valence-corrected chi connectivity index (χ1v) is 8.30. The molecule has 1 aliphatic carbocycles. The van der Waals surface area contributed by atoms with E-state index in [2.05, 4.69) is 15.5 Å². The summed E-state index contributed by atoms with van der Waals surface area (Å²) in [5.74, 6) is -0.539. The fraction of sp³-hybridized carbons (Fsp3) is 0.389. The number of carbonyl (C=O) groups excluding carboxylic acids is 1. The molecule has 1 aromatic carbocycles. The van der Waals surface area contributed by atoms with Gasteiger partial charge in [-0.3, -0.25) is 14.7 Å². The average Bonchev–Trinajstić information content (AvgIpc) is 3.12. The number of benzene rings is 1. The number of hydrogen-bond acceptors (Lipinski definition) is 4. The van der Waals surface area contributed by atoms with Crippen LogP contribution in [0.1, 0.15) is 36.2 Å². The fourth-order valence-corrected chi connectivity index (χ4v) is 3.12. The number of nitrogens with one attached hydrogen (secondary N) is 2. The lowest BCUT2D eigenvalue weighted by atomic mass is 9.86. The molecule has 0 unspecified atom stereocenters. The second-order valence-corrected chi connectivity index (χ2v) is 6.26. The molecule has 3 N–H and O–H groups in total. The number of rotatable bonds is 5. The Bertz CT molecular complexity index is 763. The van der Waals surface area contributed by atoms with Gasteiger partial charge in [0.1, 0.15) is 11.4 Å². The van der Waals surface area contributed by atoms with Crippen molar-refractivity contribution in [3.05, 3.63) is 36.0 Å². The largest absolute Gasteiger partial charge is 0.497 e. The Hall–Kier alpha value is -2.83. The normalized spacial score (nSPS) is 20.0. The van der Waals surface area contributed by atoms with Gasteiger partial charge in [0.25, 0.3) is 5.91 Å². The van der Waals surface area contributed by atoms with Crippen molar-refractivity contribution in [2.75, 3.05) is 7.11 Å². The minimum Gasteiger partial charge on any atom is -0.497 e. The van der Waals surface area contributed by atoms with Gasteiger partial charge >= 0.3 is 5.97 Å². The Morgan fingerprint density at radius 2 is 2.00 bits per heavy atom. The van der Waals surface area contributed by atoms with Crippen molar-refractivity contribution >= 4 is 11.9 Å². The highest BCUT2D eigenvalue weighted by Crippen LogP contribution is 2.25. The Kier molecular flexibility index (Phi) is 5.02. The van der Waals surface area contributed by atoms with Gasteiger partial charge in [-0.25, -0.2) is 0 Å². The number of aliphatic carboxylic acids is 1. The van der Waals surface area contributed by atoms with Gasteiger partial charge in [-0.1, -0.05) is 12.1 Å². The highest BCUT2D eigenvalue weighted by atomic mass is 16.5. The first kappa shape index (κ1) is 17.0. The minimum atomic E-state index is -0.749. The third-order valence-electron chi connectivity index (χ3n) is 4.60. The van der Waals surface area contributed by atoms with Gasteiger partial charge in [0.2, 0.25) is 0 Å². The number of ether oxygens (including phenoxy) is 1. The molecule has 1 amide bonds. The molecule has 0 bridgehead atoms. The van der Waals surface area contributed by atoms with Gasteiger partial charge in [-0.05, 0) is 43.9 Å². The zero-order chi connectivity index (χ0) is 17.8. The number of amides is 1. The van der Waals surface area contributed by atoms with Gasteiger partial charge in [0.15, 0.2) is 0 Å². The van der Waals surface area contributed by atoms with E-state index in [-0.39, 0.29) is 17.9 Å². The second kappa shape index (κ2) is 7.38. The van der Waals surface area contributed by atoms with Crippen LogP contribution in [0.4, 0.5) is 0 Å². The Morgan fingerprint density at radius 1 is 1.24 bits per heavy atom. The number of carboxylic acids is 1. The number of carbonyl (C=O) groups is 2. The van der Waals surface area contributed by atoms with E-state index in [9.17, 15) is 9.59 Å². The van der Waals surface area contributed by atoms with Gasteiger partial charge in [-0.2, -0.15) is 5.10 Å². The maximum absolute atomic E-state index is 12.4. The summed E-state index contributed by atoms with van der Waals surface area (Å²) in [6.45, 7) is 0. The number of methoxy groups -OCH3 is 1. The van der Waals surface area contributed by atoms with Gasteiger partial charge < -0.3 is 15.2 Å². The summed E-state index contributed by atoms with van der Waals surface area (Å²) in [6, 6.07) is 9.17. The lowest BCUT2D eigenvalue weighted by Gasteiger charge is -2.26. The lowest BCUT2D eigenvalue weighted by molar-refractivity contribution is -0.142. The topological polar surface area (TPSA) is 104 Å². The van der Waals surface area contributed by atoms with Crippen molar-refractivity contribution in [3.8, 4) is 17.0 Å². The summed E-state index contributed by atoms with van der Waals surface area (Å²) in [4.78, 5) is 23.4. The highest BCUT2D eigenvalue weighted by molar-refractivity contribution is 5.93. The summed E-state index contributed by atoms with van der Waals surface area (Å²) < 4.78 is 5.20. The molecular weight excluding hydrogens is 322 g/mol. The standard InChI is InChI=1S/C18H21N3O4/c1-25-14-4-2-3-12(9-14)15-10-16(21-20-15)17(22)19-13-7-5-11(6-8-13)18(23)24/h2-4,9-11,13H,5-8H2,1H3,(H,19,22)(H,20,21)(H,23,24). The summed E-state index contributed by atoms with van der Waals surface area (Å²) >= 11 is 0. The van der Waals surface area contributed by atoms with Crippen LogP contribution in [-0.4, -0.2) is 40.3 Å². The maximum atomic E-state index is 12.4. The number of carboxylic acid groups (broad SMARTS) is 1. The fourth-order valence-electron chi connectivity index (χ4n) is 3.12. The van der Waals surface area contributed by atoms with Crippen LogP contribution < -0.4 is 10.1 Å². The zero-order valence-corrected chi connectivity index (χ0v) is 14.0. The molecule has 7 heteroatoms. The summed E-state index contributed by atoms with van der Waals surface area (Å²) in [5.41, 5.74) is 1.91. The quantitative estimate of drug-likeness (QED) is 0.773. The molecule has 1 heterocycles. The van der Waals surface area contributed by atoms with Crippen LogP contribution in [0.15, 0.2) is 30.3 Å². The van der Waals surface area contributed by atoms with Gasteiger partial charge in [0.05, 0.1) is 18.7 Å². The van der Waals surface area contributed by atoms with E-state index < -0.39 is 5.97 Å². The summed E-state index contributed by atoms with van der Waals surface area (Å²) in [5, 5.41) is 18.9. The molecule has 0 saturated heterocycles. The van der Waals surface area contributed by atoms with E-state index in [0.29, 0.717) is 37.1 Å². The number of nitrogens with zero attached hydrogens (tertiary/aromatic N) is 1. The molecular formula is C18H21N3O4. The molecule has 7 nitrogen and oxygen atoms in total. The Morgan fingerprint density at radius 3 is 2.68 bits per heavy atom. The van der Waals surface area contributed by atoms with Crippen molar-refractivity contribution < 1.29 is 19.4 Å². The highest BCUT2D eigenvalue weighted by Gasteiger charge is 2.27. The second-order valence-electron chi connectivity index (χ2n) is 6.26. The van der Waals surface area contributed by atoms with Crippen LogP contribution in [0.25, 0.3) is 11.3 Å². The predicted molar refractivity (Wildman–Crippen MR) is 91.4 cm³/mol. The summed E-state index contributed by atoms with van der Waals surface area (Å²) in [6.07, 6.45) is 2.55. The third-order valence-corrected chi connectivity index (χ3v) is 4.60. The van der Waals surface area contributed by atoms with E-state index in [1.165, 1.54) is 0 Å². The van der Waals surface area contributed by atoms with Crippen molar-refractivity contribution in [1.29, 1.82) is 0 Å². The smallest absolute Gasteiger partial charge is 0.306 e. The van der Waals surface area contributed by atoms with Gasteiger partial charge in [0, 0.05) is 11.6 Å². The van der Waals surface area contributed by atoms with E-state index >= 15 is 0 Å². The molecule has 1 saturated carbocycles. The van der Waals surface area contributed by atoms with E-state index in [1.54, 1.807) is 13.2 Å². The SMILES string of the molecule is COc1cccc(-c2cc(C(=O)NC3CCC(C(=O)O)CC3)[nH]n2)c1. The Labute approximate surface area is 145 Å². The van der Waals surface area contributed by atoms with Crippen LogP contribution in [-0.2, 0) is 4.79 Å². The number of hydrogen-bond donors (Lipinski definition) is 3. The zero-order valence-electron chi connectivity index (χ0n) is 14.0. The van der Waals surface area contributed by atoms with Crippen molar-refractivity contribution in [2.24, 2.45) is 5.92 Å². The Balaban J connectivity index is 1.62. The van der Waals surface area contributed by atoms with E-state index in [0.717, 1.165) is 11.3 Å². The molecule has 1 aromatic heterocycles. The predicted octanol–water partition coefficient (Wildman–Crippen LogP) is 2.46. The molecule has 3 rings (SSSR count). The minimum absolute atomic E-state index is 0.00618. The summed E-state index contributed by atoms with van der Waals surface area (Å²) in [7, 11) is 1.60. The lowest BCUT2D eigenvalue weighted by Crippen LogP contribution is -2.38. The molecule has 132 valence electrons. The third kappa shape index (κ3) is 3.99. The molecule has 0 spiro atoms. The van der Waals surface area contributed by atoms with Crippen LogP contribution in [0, 0.1) is 5.92 Å². The van der Waals surface area contributed by atoms with E-state index in [1.807, 2.05) is 24.3 Å². The molecule has 1 aliphatic rings. The number of aromatic nitrogens is 2. The molecule has 2 aromatic rings. The van der Waals surface area contributed by atoms with Crippen molar-refractivity contribution in [1.82, 2.24) is 15.5 Å². The van der Waals surface area contributed by atoms with Crippen molar-refractivity contribution in [2.45, 2.75) is 31.7 Å². The van der Waals surface area contributed by atoms with Crippen LogP contribution >= 0.6 is 0 Å². The van der Waals surface area contributed by atoms with Crippen LogP contribution in [0.5, 0.6) is 5.75 Å². The maximum Gasteiger partial charge on any atom is 0.306 e. The molecule has 0 radical (unpaired) electrons. The molecule has 0 atom stereocenters. The van der Waals surface area contributed by atoms with Crippen molar-refractivity contribution in [3.63, 3.8) is 0 Å². The molecule has 0 aliphatic heterocycles. The first-order valence-electron chi connectivity index (χ1n) is 8.30. The van der Waals surface area contributed by atoms with Gasteiger partial charge in [-0.15, -0.1) is 0 Å². The number of H-pyrrole nitrogens is 1. The molecule has 1 fully saturated rings. The van der Waals surface area contributed by atoms with E-state index in [4.69, 9.17) is 9.84 Å². The average molecular weight is 343 g/mol. The van der Waals surface area contributed by atoms with Crippen LogP contribution in [0.2, 0.25) is 0 Å². The monoisotopic (exact) mass is 343 g/mol. The first-order chi connectivity index (χ1) is 12.1. The van der Waals surface area contributed by atoms with Crippen LogP contribution in [0.3, 0.4) is 0 Å².